The molecule has 0 bridgehead atoms. The number of aliphatic hydroxyl groups excluding tert-OH is 1. The lowest BCUT2D eigenvalue weighted by Gasteiger charge is -2.11. The third-order valence-electron chi connectivity index (χ3n) is 3.54. The van der Waals surface area contributed by atoms with Crippen LogP contribution in [0.2, 0.25) is 0 Å². The molecule has 0 fully saturated rings. The average molecular weight is 295 g/mol. The van der Waals surface area contributed by atoms with Crippen molar-refractivity contribution in [1.29, 1.82) is 0 Å². The second-order valence-electron chi connectivity index (χ2n) is 5.07. The van der Waals surface area contributed by atoms with Crippen LogP contribution >= 0.6 is 11.3 Å². The third-order valence-corrected chi connectivity index (χ3v) is 4.41. The zero-order valence-corrected chi connectivity index (χ0v) is 12.7. The van der Waals surface area contributed by atoms with E-state index in [2.05, 4.69) is 22.5 Å². The molecule has 2 aromatic carbocycles. The first-order valence-electron chi connectivity index (χ1n) is 6.97. The van der Waals surface area contributed by atoms with Gasteiger partial charge in [0.15, 0.2) is 0 Å². The van der Waals surface area contributed by atoms with Crippen molar-refractivity contribution in [2.75, 3.05) is 0 Å². The first-order chi connectivity index (χ1) is 10.2. The number of hydrogen-bond acceptors (Lipinski definition) is 3. The fourth-order valence-electron chi connectivity index (χ4n) is 2.38. The molecule has 0 radical (unpaired) electrons. The highest BCUT2D eigenvalue weighted by Crippen LogP contribution is 2.26. The largest absolute Gasteiger partial charge is 0.388 e. The van der Waals surface area contributed by atoms with Crippen molar-refractivity contribution in [1.82, 2.24) is 4.98 Å². The van der Waals surface area contributed by atoms with E-state index in [0.29, 0.717) is 6.42 Å². The van der Waals surface area contributed by atoms with Gasteiger partial charge in [-0.25, -0.2) is 4.98 Å². The van der Waals surface area contributed by atoms with Gasteiger partial charge in [0.25, 0.3) is 0 Å². The van der Waals surface area contributed by atoms with Gasteiger partial charge in [-0.2, -0.15) is 0 Å². The summed E-state index contributed by atoms with van der Waals surface area (Å²) in [5.41, 5.74) is 4.19. The lowest BCUT2D eigenvalue weighted by atomic mass is 10.0. The molecule has 2 nitrogen and oxygen atoms in total. The van der Waals surface area contributed by atoms with E-state index < -0.39 is 6.10 Å². The molecule has 21 heavy (non-hydrogen) atoms. The number of benzene rings is 2. The Balaban J connectivity index is 1.77. The minimum Gasteiger partial charge on any atom is -0.388 e. The molecule has 3 heteroatoms. The minimum absolute atomic E-state index is 0.499. The summed E-state index contributed by atoms with van der Waals surface area (Å²) in [7, 11) is 0. The summed E-state index contributed by atoms with van der Waals surface area (Å²) in [6.07, 6.45) is 0.0588. The average Bonchev–Trinajstić information content (AvgIpc) is 2.97. The van der Waals surface area contributed by atoms with Gasteiger partial charge in [0.1, 0.15) is 0 Å². The molecular weight excluding hydrogens is 278 g/mol. The predicted molar refractivity (Wildman–Crippen MR) is 87.4 cm³/mol. The molecule has 0 aliphatic carbocycles. The van der Waals surface area contributed by atoms with Crippen LogP contribution in [0.15, 0.2) is 60.0 Å². The summed E-state index contributed by atoms with van der Waals surface area (Å²) in [5.74, 6) is 0. The normalized spacial score (nSPS) is 12.3. The maximum absolute atomic E-state index is 10.4. The molecule has 0 saturated carbocycles. The van der Waals surface area contributed by atoms with Crippen molar-refractivity contribution in [2.24, 2.45) is 0 Å². The number of aliphatic hydroxyl groups is 1. The van der Waals surface area contributed by atoms with Gasteiger partial charge in [0, 0.05) is 17.4 Å². The quantitative estimate of drug-likeness (QED) is 0.774. The molecule has 0 spiro atoms. The molecule has 1 N–H and O–H groups in total. The van der Waals surface area contributed by atoms with Crippen molar-refractivity contribution < 1.29 is 5.11 Å². The summed E-state index contributed by atoms with van der Waals surface area (Å²) < 4.78 is 0. The second kappa shape index (κ2) is 6.20. The number of thiazole rings is 1. The third kappa shape index (κ3) is 3.20. The summed E-state index contributed by atoms with van der Waals surface area (Å²) in [4.78, 5) is 4.63. The number of hydrogen-bond donors (Lipinski definition) is 1. The molecule has 0 amide bonds. The Morgan fingerprint density at radius 2 is 1.76 bits per heavy atom. The van der Waals surface area contributed by atoms with Gasteiger partial charge in [0.05, 0.1) is 16.8 Å². The molecule has 106 valence electrons. The zero-order chi connectivity index (χ0) is 14.7. The van der Waals surface area contributed by atoms with E-state index in [9.17, 15) is 5.11 Å². The highest BCUT2D eigenvalue weighted by atomic mass is 32.1. The minimum atomic E-state index is -0.499. The summed E-state index contributed by atoms with van der Waals surface area (Å²) in [6.45, 7) is 2.02. The van der Waals surface area contributed by atoms with E-state index >= 15 is 0 Å². The van der Waals surface area contributed by atoms with Crippen LogP contribution in [0.5, 0.6) is 0 Å². The van der Waals surface area contributed by atoms with Gasteiger partial charge >= 0.3 is 0 Å². The highest BCUT2D eigenvalue weighted by Gasteiger charge is 2.13. The lowest BCUT2D eigenvalue weighted by Crippen LogP contribution is -2.03. The SMILES string of the molecule is Cc1ccccc1C(O)Cc1nc(-c2ccccc2)cs1. The van der Waals surface area contributed by atoms with Gasteiger partial charge in [-0.05, 0) is 18.1 Å². The Morgan fingerprint density at radius 1 is 1.05 bits per heavy atom. The fraction of sp³-hybridized carbons (Fsp3) is 0.167. The molecule has 1 aromatic heterocycles. The maximum Gasteiger partial charge on any atom is 0.0961 e. The van der Waals surface area contributed by atoms with E-state index in [1.165, 1.54) is 0 Å². The molecular formula is C18H17NOS. The number of aromatic nitrogens is 1. The summed E-state index contributed by atoms with van der Waals surface area (Å²) in [6, 6.07) is 18.1. The molecule has 0 aliphatic rings. The summed E-state index contributed by atoms with van der Waals surface area (Å²) in [5, 5.41) is 13.4. The van der Waals surface area contributed by atoms with Gasteiger partial charge in [-0.15, -0.1) is 11.3 Å². The van der Waals surface area contributed by atoms with Gasteiger partial charge in [-0.3, -0.25) is 0 Å². The van der Waals surface area contributed by atoms with Gasteiger partial charge < -0.3 is 5.11 Å². The van der Waals surface area contributed by atoms with Crippen molar-refractivity contribution in [3.05, 3.63) is 76.1 Å². The van der Waals surface area contributed by atoms with Crippen molar-refractivity contribution in [3.8, 4) is 11.3 Å². The molecule has 0 saturated heterocycles. The Labute approximate surface area is 128 Å². The maximum atomic E-state index is 10.4. The first-order valence-corrected chi connectivity index (χ1v) is 7.85. The number of aryl methyl sites for hydroxylation is 1. The molecule has 3 rings (SSSR count). The molecule has 1 unspecified atom stereocenters. The van der Waals surface area contributed by atoms with Crippen LogP contribution in [0.3, 0.4) is 0 Å². The topological polar surface area (TPSA) is 33.1 Å². The second-order valence-corrected chi connectivity index (χ2v) is 6.01. The van der Waals surface area contributed by atoms with Crippen LogP contribution in [0, 0.1) is 6.92 Å². The van der Waals surface area contributed by atoms with Gasteiger partial charge in [0.2, 0.25) is 0 Å². The van der Waals surface area contributed by atoms with Crippen LogP contribution in [0.4, 0.5) is 0 Å². The lowest BCUT2D eigenvalue weighted by molar-refractivity contribution is 0.177. The van der Waals surface area contributed by atoms with Gasteiger partial charge in [-0.1, -0.05) is 54.6 Å². The van der Waals surface area contributed by atoms with Crippen LogP contribution in [-0.2, 0) is 6.42 Å². The van der Waals surface area contributed by atoms with Crippen LogP contribution in [0.25, 0.3) is 11.3 Å². The van der Waals surface area contributed by atoms with E-state index in [4.69, 9.17) is 0 Å². The Hall–Kier alpha value is -1.97. The summed E-state index contributed by atoms with van der Waals surface area (Å²) >= 11 is 1.60. The first kappa shape index (κ1) is 14.0. The number of nitrogens with zero attached hydrogens (tertiary/aromatic N) is 1. The van der Waals surface area contributed by atoms with Crippen LogP contribution in [-0.4, -0.2) is 10.1 Å². The van der Waals surface area contributed by atoms with E-state index in [1.807, 2.05) is 49.4 Å². The molecule has 3 aromatic rings. The van der Waals surface area contributed by atoms with Crippen LogP contribution < -0.4 is 0 Å². The highest BCUT2D eigenvalue weighted by molar-refractivity contribution is 7.09. The Bertz CT molecular complexity index is 721. The zero-order valence-electron chi connectivity index (χ0n) is 11.9. The Morgan fingerprint density at radius 3 is 2.52 bits per heavy atom. The molecule has 1 heterocycles. The predicted octanol–water partition coefficient (Wildman–Crippen LogP) is 4.39. The smallest absolute Gasteiger partial charge is 0.0961 e. The number of rotatable bonds is 4. The fourth-order valence-corrected chi connectivity index (χ4v) is 3.22. The monoisotopic (exact) mass is 295 g/mol. The van der Waals surface area contributed by atoms with E-state index in [0.717, 1.165) is 27.4 Å². The standard InChI is InChI=1S/C18H17NOS/c1-13-7-5-6-10-15(13)17(20)11-18-19-16(12-21-18)14-8-3-2-4-9-14/h2-10,12,17,20H,11H2,1H3. The van der Waals surface area contributed by atoms with Crippen LogP contribution in [0.1, 0.15) is 22.2 Å². The van der Waals surface area contributed by atoms with Crippen molar-refractivity contribution >= 4 is 11.3 Å². The van der Waals surface area contributed by atoms with E-state index in [1.54, 1.807) is 11.3 Å². The van der Waals surface area contributed by atoms with Crippen molar-refractivity contribution in [2.45, 2.75) is 19.4 Å². The molecule has 1 atom stereocenters. The van der Waals surface area contributed by atoms with Crippen molar-refractivity contribution in [3.63, 3.8) is 0 Å². The van der Waals surface area contributed by atoms with E-state index in [-0.39, 0.29) is 0 Å². The Kier molecular flexibility index (Phi) is 4.13. The molecule has 0 aliphatic heterocycles.